The van der Waals surface area contributed by atoms with Gasteiger partial charge in [0, 0.05) is 0 Å². The van der Waals surface area contributed by atoms with Gasteiger partial charge in [-0.2, -0.15) is 0 Å². The second-order valence-electron chi connectivity index (χ2n) is 3.76. The summed E-state index contributed by atoms with van der Waals surface area (Å²) in [5, 5.41) is 9.74. The highest BCUT2D eigenvalue weighted by Crippen LogP contribution is 2.35. The topological polar surface area (TPSA) is 47.9 Å². The third kappa shape index (κ3) is 1.99. The Morgan fingerprint density at radius 3 is 2.56 bits per heavy atom. The van der Waals surface area contributed by atoms with E-state index in [-0.39, 0.29) is 6.10 Å². The van der Waals surface area contributed by atoms with Crippen LogP contribution in [-0.2, 0) is 4.74 Å². The lowest BCUT2D eigenvalue weighted by Gasteiger charge is -2.16. The van der Waals surface area contributed by atoms with Crippen LogP contribution in [0.1, 0.15) is 18.1 Å². The number of methoxy groups -OCH3 is 2. The van der Waals surface area contributed by atoms with E-state index in [1.54, 1.807) is 14.2 Å². The average Bonchev–Trinajstić information content (AvgIpc) is 2.74. The van der Waals surface area contributed by atoms with Crippen molar-refractivity contribution < 1.29 is 19.3 Å². The van der Waals surface area contributed by atoms with Crippen molar-refractivity contribution in [2.45, 2.75) is 18.6 Å². The van der Waals surface area contributed by atoms with Gasteiger partial charge in [0.15, 0.2) is 11.5 Å². The molecule has 2 rings (SSSR count). The summed E-state index contributed by atoms with van der Waals surface area (Å²) in [5.41, 5.74) is 0.919. The van der Waals surface area contributed by atoms with E-state index in [0.717, 1.165) is 5.56 Å². The zero-order valence-corrected chi connectivity index (χ0v) is 9.47. The van der Waals surface area contributed by atoms with Crippen molar-refractivity contribution in [1.82, 2.24) is 0 Å². The molecular weight excluding hydrogens is 208 g/mol. The molecule has 0 radical (unpaired) electrons. The van der Waals surface area contributed by atoms with Crippen LogP contribution in [0.3, 0.4) is 0 Å². The van der Waals surface area contributed by atoms with Crippen molar-refractivity contribution >= 4 is 0 Å². The highest BCUT2D eigenvalue weighted by molar-refractivity contribution is 5.43. The van der Waals surface area contributed by atoms with Crippen LogP contribution < -0.4 is 9.47 Å². The summed E-state index contributed by atoms with van der Waals surface area (Å²) >= 11 is 0. The zero-order chi connectivity index (χ0) is 11.5. The third-order valence-electron chi connectivity index (χ3n) is 2.80. The molecule has 0 spiro atoms. The summed E-state index contributed by atoms with van der Waals surface area (Å²) in [6, 6.07) is 5.56. The van der Waals surface area contributed by atoms with Gasteiger partial charge in [-0.1, -0.05) is 6.07 Å². The maximum atomic E-state index is 9.74. The summed E-state index contributed by atoms with van der Waals surface area (Å²) in [6.07, 6.45) is -0.00292. The SMILES string of the molecule is COc1ccc([C@@H]2OCC[C@@H]2O)cc1OC. The van der Waals surface area contributed by atoms with Crippen LogP contribution in [0.2, 0.25) is 0 Å². The van der Waals surface area contributed by atoms with E-state index in [2.05, 4.69) is 0 Å². The lowest BCUT2D eigenvalue weighted by atomic mass is 10.0. The summed E-state index contributed by atoms with van der Waals surface area (Å²) < 4.78 is 15.8. The smallest absolute Gasteiger partial charge is 0.161 e. The molecule has 1 aromatic rings. The Morgan fingerprint density at radius 1 is 1.25 bits per heavy atom. The first-order chi connectivity index (χ1) is 7.76. The minimum Gasteiger partial charge on any atom is -0.493 e. The first-order valence-corrected chi connectivity index (χ1v) is 5.28. The minimum absolute atomic E-state index is 0.250. The van der Waals surface area contributed by atoms with Crippen LogP contribution in [-0.4, -0.2) is 32.0 Å². The fourth-order valence-electron chi connectivity index (χ4n) is 1.93. The molecule has 0 bridgehead atoms. The van der Waals surface area contributed by atoms with Gasteiger partial charge in [-0.05, 0) is 24.1 Å². The number of hydrogen-bond donors (Lipinski definition) is 1. The molecule has 4 nitrogen and oxygen atoms in total. The predicted octanol–water partition coefficient (Wildman–Crippen LogP) is 1.53. The molecule has 0 aliphatic carbocycles. The maximum Gasteiger partial charge on any atom is 0.161 e. The molecular formula is C12H16O4. The molecule has 16 heavy (non-hydrogen) atoms. The Kier molecular flexibility index (Phi) is 3.31. The van der Waals surface area contributed by atoms with Gasteiger partial charge in [0.1, 0.15) is 6.10 Å². The van der Waals surface area contributed by atoms with Crippen LogP contribution in [0.5, 0.6) is 11.5 Å². The molecule has 0 unspecified atom stereocenters. The molecule has 1 fully saturated rings. The van der Waals surface area contributed by atoms with E-state index in [4.69, 9.17) is 14.2 Å². The van der Waals surface area contributed by atoms with Crippen molar-refractivity contribution in [2.24, 2.45) is 0 Å². The largest absolute Gasteiger partial charge is 0.493 e. The Hall–Kier alpha value is -1.26. The number of rotatable bonds is 3. The fourth-order valence-corrected chi connectivity index (χ4v) is 1.93. The molecule has 1 aromatic carbocycles. The number of aliphatic hydroxyl groups excluding tert-OH is 1. The second-order valence-corrected chi connectivity index (χ2v) is 3.76. The van der Waals surface area contributed by atoms with Gasteiger partial charge in [-0.15, -0.1) is 0 Å². The lowest BCUT2D eigenvalue weighted by molar-refractivity contribution is 0.0416. The third-order valence-corrected chi connectivity index (χ3v) is 2.80. The van der Waals surface area contributed by atoms with Crippen molar-refractivity contribution in [2.75, 3.05) is 20.8 Å². The van der Waals surface area contributed by atoms with Crippen molar-refractivity contribution in [3.05, 3.63) is 23.8 Å². The molecule has 0 saturated carbocycles. The van der Waals surface area contributed by atoms with E-state index in [0.29, 0.717) is 24.5 Å². The summed E-state index contributed by atoms with van der Waals surface area (Å²) in [4.78, 5) is 0. The molecule has 1 aliphatic heterocycles. The van der Waals surface area contributed by atoms with Gasteiger partial charge in [0.05, 0.1) is 26.9 Å². The highest BCUT2D eigenvalue weighted by atomic mass is 16.5. The number of ether oxygens (including phenoxy) is 3. The Morgan fingerprint density at radius 2 is 2.00 bits per heavy atom. The molecule has 1 heterocycles. The summed E-state index contributed by atoms with van der Waals surface area (Å²) in [6.45, 7) is 0.597. The van der Waals surface area contributed by atoms with E-state index in [1.807, 2.05) is 18.2 Å². The molecule has 1 N–H and O–H groups in total. The van der Waals surface area contributed by atoms with E-state index in [1.165, 1.54) is 0 Å². The quantitative estimate of drug-likeness (QED) is 0.845. The van der Waals surface area contributed by atoms with Crippen molar-refractivity contribution in [3.8, 4) is 11.5 Å². The average molecular weight is 224 g/mol. The molecule has 88 valence electrons. The number of hydrogen-bond acceptors (Lipinski definition) is 4. The van der Waals surface area contributed by atoms with E-state index in [9.17, 15) is 5.11 Å². The summed E-state index contributed by atoms with van der Waals surface area (Å²) in [7, 11) is 3.19. The molecule has 1 saturated heterocycles. The van der Waals surface area contributed by atoms with Gasteiger partial charge in [-0.25, -0.2) is 0 Å². The van der Waals surface area contributed by atoms with Crippen LogP contribution >= 0.6 is 0 Å². The summed E-state index contributed by atoms with van der Waals surface area (Å²) in [5.74, 6) is 1.33. The predicted molar refractivity (Wildman–Crippen MR) is 58.9 cm³/mol. The van der Waals surface area contributed by atoms with Gasteiger partial charge >= 0.3 is 0 Å². The minimum atomic E-state index is -0.432. The molecule has 0 aromatic heterocycles. The van der Waals surface area contributed by atoms with Gasteiger partial charge in [-0.3, -0.25) is 0 Å². The maximum absolute atomic E-state index is 9.74. The van der Waals surface area contributed by atoms with Crippen LogP contribution in [0.25, 0.3) is 0 Å². The van der Waals surface area contributed by atoms with Crippen LogP contribution in [0, 0.1) is 0 Å². The van der Waals surface area contributed by atoms with Crippen molar-refractivity contribution in [1.29, 1.82) is 0 Å². The van der Waals surface area contributed by atoms with Gasteiger partial charge < -0.3 is 19.3 Å². The monoisotopic (exact) mass is 224 g/mol. The molecule has 2 atom stereocenters. The van der Waals surface area contributed by atoms with E-state index < -0.39 is 6.10 Å². The first kappa shape index (κ1) is 11.2. The molecule has 0 amide bonds. The van der Waals surface area contributed by atoms with E-state index >= 15 is 0 Å². The Balaban J connectivity index is 2.28. The standard InChI is InChI=1S/C12H16O4/c1-14-10-4-3-8(7-11(10)15-2)12-9(13)5-6-16-12/h3-4,7,9,12-13H,5-6H2,1-2H3/t9-,12-/m0/s1. The second kappa shape index (κ2) is 4.72. The van der Waals surface area contributed by atoms with Crippen LogP contribution in [0.4, 0.5) is 0 Å². The Bertz CT molecular complexity index is 364. The Labute approximate surface area is 94.8 Å². The molecule has 1 aliphatic rings. The number of benzene rings is 1. The number of aliphatic hydroxyl groups is 1. The first-order valence-electron chi connectivity index (χ1n) is 5.28. The van der Waals surface area contributed by atoms with Crippen molar-refractivity contribution in [3.63, 3.8) is 0 Å². The fraction of sp³-hybridized carbons (Fsp3) is 0.500. The van der Waals surface area contributed by atoms with Gasteiger partial charge in [0.2, 0.25) is 0 Å². The normalized spacial score (nSPS) is 24.4. The molecule has 4 heteroatoms. The zero-order valence-electron chi connectivity index (χ0n) is 9.47. The van der Waals surface area contributed by atoms with Crippen LogP contribution in [0.15, 0.2) is 18.2 Å². The van der Waals surface area contributed by atoms with Gasteiger partial charge in [0.25, 0.3) is 0 Å². The lowest BCUT2D eigenvalue weighted by Crippen LogP contribution is -2.12. The highest BCUT2D eigenvalue weighted by Gasteiger charge is 2.28.